The zero-order valence-corrected chi connectivity index (χ0v) is 10.9. The molecule has 0 aromatic heterocycles. The monoisotopic (exact) mass is 222 g/mol. The molecule has 1 heteroatoms. The molecule has 0 amide bonds. The summed E-state index contributed by atoms with van der Waals surface area (Å²) in [5.74, 6) is 0.560. The van der Waals surface area contributed by atoms with Crippen LogP contribution in [0, 0.1) is 12.8 Å². The first-order valence-corrected chi connectivity index (χ1v) is 6.37. The number of unbranched alkanes of at least 4 members (excludes halogenated alkanes) is 1. The molecule has 0 saturated carbocycles. The molecule has 1 N–H and O–H groups in total. The second-order valence-electron chi connectivity index (χ2n) is 4.25. The van der Waals surface area contributed by atoms with Crippen LogP contribution in [0.1, 0.15) is 45.1 Å². The molecule has 0 aliphatic heterocycles. The van der Waals surface area contributed by atoms with Gasteiger partial charge in [0.05, 0.1) is 0 Å². The molecule has 0 bridgehead atoms. The third-order valence-electron chi connectivity index (χ3n) is 2.74. The zero-order chi connectivity index (χ0) is 12.2. The molecular formula is C15H26O. The van der Waals surface area contributed by atoms with Gasteiger partial charge in [0.1, 0.15) is 0 Å². The summed E-state index contributed by atoms with van der Waals surface area (Å²) in [5.41, 5.74) is 1.32. The highest BCUT2D eigenvalue weighted by molar-refractivity contribution is 5.11. The fourth-order valence-corrected chi connectivity index (χ4v) is 1.45. The normalized spacial score (nSPS) is 11.5. The molecule has 0 radical (unpaired) electrons. The van der Waals surface area contributed by atoms with E-state index < -0.39 is 0 Å². The van der Waals surface area contributed by atoms with E-state index in [9.17, 15) is 0 Å². The van der Waals surface area contributed by atoms with Crippen molar-refractivity contribution in [1.29, 1.82) is 0 Å². The number of rotatable bonds is 5. The third kappa shape index (κ3) is 8.49. The van der Waals surface area contributed by atoms with E-state index in [1.54, 1.807) is 0 Å². The van der Waals surface area contributed by atoms with E-state index in [0.717, 1.165) is 6.42 Å². The molecule has 16 heavy (non-hydrogen) atoms. The van der Waals surface area contributed by atoms with Gasteiger partial charge in [-0.3, -0.25) is 0 Å². The lowest BCUT2D eigenvalue weighted by atomic mass is 10.0. The van der Waals surface area contributed by atoms with Crippen molar-refractivity contribution in [3.63, 3.8) is 0 Å². The molecule has 0 aliphatic carbocycles. The first-order valence-electron chi connectivity index (χ1n) is 6.37. The Labute approximate surface area is 101 Å². The highest BCUT2D eigenvalue weighted by atomic mass is 16.3. The van der Waals surface area contributed by atoms with Gasteiger partial charge in [0.15, 0.2) is 0 Å². The molecule has 1 rings (SSSR count). The van der Waals surface area contributed by atoms with Crippen molar-refractivity contribution in [1.82, 2.24) is 0 Å². The largest absolute Gasteiger partial charge is 0.396 e. The summed E-state index contributed by atoms with van der Waals surface area (Å²) in [6.07, 6.45) is 4.83. The Morgan fingerprint density at radius 1 is 1.12 bits per heavy atom. The van der Waals surface area contributed by atoms with Crippen LogP contribution in [0.4, 0.5) is 0 Å². The maximum absolute atomic E-state index is 8.75. The minimum atomic E-state index is 0.372. The van der Waals surface area contributed by atoms with Gasteiger partial charge in [0.25, 0.3) is 0 Å². The number of aliphatic hydroxyl groups is 1. The number of hydrogen-bond acceptors (Lipinski definition) is 1. The van der Waals surface area contributed by atoms with Gasteiger partial charge >= 0.3 is 0 Å². The minimum Gasteiger partial charge on any atom is -0.396 e. The molecule has 1 unspecified atom stereocenters. The summed E-state index contributed by atoms with van der Waals surface area (Å²) in [5, 5.41) is 8.75. The van der Waals surface area contributed by atoms with Crippen LogP contribution >= 0.6 is 0 Å². The van der Waals surface area contributed by atoms with Gasteiger partial charge < -0.3 is 5.11 Å². The number of aryl methyl sites for hydroxylation is 1. The molecular weight excluding hydrogens is 196 g/mol. The van der Waals surface area contributed by atoms with Gasteiger partial charge in [-0.2, -0.15) is 0 Å². The second-order valence-corrected chi connectivity index (χ2v) is 4.25. The van der Waals surface area contributed by atoms with Crippen molar-refractivity contribution in [2.45, 2.75) is 46.5 Å². The SMILES string of the molecule is CCCCC(CC)CO.Cc1ccccc1. The Balaban J connectivity index is 0.000000288. The molecule has 0 saturated heterocycles. The lowest BCUT2D eigenvalue weighted by Gasteiger charge is -2.08. The van der Waals surface area contributed by atoms with Gasteiger partial charge in [0, 0.05) is 6.61 Å². The summed E-state index contributed by atoms with van der Waals surface area (Å²) < 4.78 is 0. The molecule has 1 aromatic carbocycles. The van der Waals surface area contributed by atoms with E-state index in [1.807, 2.05) is 18.2 Å². The van der Waals surface area contributed by atoms with Crippen LogP contribution in [0.2, 0.25) is 0 Å². The number of hydrogen-bond donors (Lipinski definition) is 1. The molecule has 0 fully saturated rings. The Hall–Kier alpha value is -0.820. The number of benzene rings is 1. The molecule has 1 atom stereocenters. The molecule has 1 nitrogen and oxygen atoms in total. The van der Waals surface area contributed by atoms with Crippen LogP contribution < -0.4 is 0 Å². The topological polar surface area (TPSA) is 20.2 Å². The van der Waals surface area contributed by atoms with Crippen molar-refractivity contribution in [3.8, 4) is 0 Å². The first kappa shape index (κ1) is 15.2. The predicted octanol–water partition coefficient (Wildman–Crippen LogP) is 4.19. The number of aliphatic hydroxyl groups excluding tert-OH is 1. The Morgan fingerprint density at radius 2 is 1.75 bits per heavy atom. The Kier molecular flexibility index (Phi) is 10.1. The van der Waals surface area contributed by atoms with Gasteiger partial charge in [-0.25, -0.2) is 0 Å². The van der Waals surface area contributed by atoms with Gasteiger partial charge in [0.2, 0.25) is 0 Å². The molecule has 0 spiro atoms. The summed E-state index contributed by atoms with van der Waals surface area (Å²) >= 11 is 0. The highest BCUT2D eigenvalue weighted by Crippen LogP contribution is 2.10. The van der Waals surface area contributed by atoms with E-state index in [-0.39, 0.29) is 0 Å². The van der Waals surface area contributed by atoms with Crippen LogP contribution in [0.25, 0.3) is 0 Å². The molecule has 92 valence electrons. The maximum atomic E-state index is 8.75. The standard InChI is InChI=1S/C8H18O.C7H8/c1-3-5-6-8(4-2)7-9;1-7-5-3-2-4-6-7/h8-9H,3-7H2,1-2H3;2-6H,1H3. The molecule has 0 heterocycles. The van der Waals surface area contributed by atoms with Crippen molar-refractivity contribution in [2.24, 2.45) is 5.92 Å². The van der Waals surface area contributed by atoms with E-state index in [4.69, 9.17) is 5.11 Å². The van der Waals surface area contributed by atoms with Crippen LogP contribution in [0.15, 0.2) is 30.3 Å². The lowest BCUT2D eigenvalue weighted by molar-refractivity contribution is 0.212. The average Bonchev–Trinajstić information content (AvgIpc) is 2.32. The Morgan fingerprint density at radius 3 is 2.06 bits per heavy atom. The van der Waals surface area contributed by atoms with Crippen molar-refractivity contribution < 1.29 is 5.11 Å². The van der Waals surface area contributed by atoms with E-state index in [1.165, 1.54) is 24.8 Å². The highest BCUT2D eigenvalue weighted by Gasteiger charge is 2.01. The Bertz CT molecular complexity index is 226. The van der Waals surface area contributed by atoms with Crippen molar-refractivity contribution >= 4 is 0 Å². The van der Waals surface area contributed by atoms with Crippen LogP contribution in [-0.4, -0.2) is 11.7 Å². The van der Waals surface area contributed by atoms with Crippen molar-refractivity contribution in [3.05, 3.63) is 35.9 Å². The lowest BCUT2D eigenvalue weighted by Crippen LogP contribution is -2.03. The van der Waals surface area contributed by atoms with Gasteiger partial charge in [-0.05, 0) is 19.3 Å². The summed E-state index contributed by atoms with van der Waals surface area (Å²) in [6, 6.07) is 10.3. The summed E-state index contributed by atoms with van der Waals surface area (Å²) in [4.78, 5) is 0. The molecule has 1 aromatic rings. The van der Waals surface area contributed by atoms with Crippen LogP contribution in [0.5, 0.6) is 0 Å². The average molecular weight is 222 g/mol. The van der Waals surface area contributed by atoms with E-state index in [0.29, 0.717) is 12.5 Å². The van der Waals surface area contributed by atoms with Gasteiger partial charge in [-0.1, -0.05) is 69.0 Å². The van der Waals surface area contributed by atoms with Crippen LogP contribution in [-0.2, 0) is 0 Å². The van der Waals surface area contributed by atoms with E-state index >= 15 is 0 Å². The maximum Gasteiger partial charge on any atom is 0.0459 e. The summed E-state index contributed by atoms with van der Waals surface area (Å²) in [7, 11) is 0. The van der Waals surface area contributed by atoms with Crippen molar-refractivity contribution in [2.75, 3.05) is 6.61 Å². The van der Waals surface area contributed by atoms with Crippen LogP contribution in [0.3, 0.4) is 0 Å². The second kappa shape index (κ2) is 10.7. The molecule has 0 aliphatic rings. The first-order chi connectivity index (χ1) is 7.74. The fraction of sp³-hybridized carbons (Fsp3) is 0.600. The smallest absolute Gasteiger partial charge is 0.0459 e. The summed E-state index contributed by atoms with van der Waals surface area (Å²) in [6.45, 7) is 6.77. The van der Waals surface area contributed by atoms with Gasteiger partial charge in [-0.15, -0.1) is 0 Å². The zero-order valence-electron chi connectivity index (χ0n) is 10.9. The third-order valence-corrected chi connectivity index (χ3v) is 2.74. The van der Waals surface area contributed by atoms with E-state index in [2.05, 4.69) is 32.9 Å². The fourth-order valence-electron chi connectivity index (χ4n) is 1.45. The predicted molar refractivity (Wildman–Crippen MR) is 71.6 cm³/mol. The quantitative estimate of drug-likeness (QED) is 0.792. The minimum absolute atomic E-state index is 0.372.